The predicted molar refractivity (Wildman–Crippen MR) is 64.2 cm³/mol. The van der Waals surface area contributed by atoms with E-state index in [9.17, 15) is 18.0 Å². The fourth-order valence-electron chi connectivity index (χ4n) is 1.41. The normalized spacial score (nSPS) is 11.4. The summed E-state index contributed by atoms with van der Waals surface area (Å²) in [6.07, 6.45) is -6.06. The standard InChI is InChI=1S/C12H15F3N2O/c1-7-5-9(16)10(6-8(7)2)17-11(18)3-4-12(13,14)15/h5-6H,3-4,16H2,1-2H3,(H,17,18). The Morgan fingerprint density at radius 3 is 2.39 bits per heavy atom. The number of hydrogen-bond donors (Lipinski definition) is 2. The Balaban J connectivity index is 2.68. The zero-order chi connectivity index (χ0) is 13.9. The minimum atomic E-state index is -4.33. The minimum Gasteiger partial charge on any atom is -0.397 e. The van der Waals surface area contributed by atoms with Crippen molar-refractivity contribution >= 4 is 17.3 Å². The van der Waals surface area contributed by atoms with Gasteiger partial charge in [0.25, 0.3) is 0 Å². The second-order valence-corrected chi connectivity index (χ2v) is 4.19. The van der Waals surface area contributed by atoms with E-state index < -0.39 is 24.9 Å². The van der Waals surface area contributed by atoms with Crippen molar-refractivity contribution in [2.75, 3.05) is 11.1 Å². The topological polar surface area (TPSA) is 55.1 Å². The van der Waals surface area contributed by atoms with Crippen LogP contribution in [0, 0.1) is 13.8 Å². The number of alkyl halides is 3. The summed E-state index contributed by atoms with van der Waals surface area (Å²) >= 11 is 0. The van der Waals surface area contributed by atoms with Gasteiger partial charge in [-0.25, -0.2) is 0 Å². The lowest BCUT2D eigenvalue weighted by Gasteiger charge is -2.11. The van der Waals surface area contributed by atoms with E-state index >= 15 is 0 Å². The van der Waals surface area contributed by atoms with Gasteiger partial charge in [-0.1, -0.05) is 0 Å². The molecule has 1 aromatic carbocycles. The van der Waals surface area contributed by atoms with E-state index in [0.29, 0.717) is 11.4 Å². The summed E-state index contributed by atoms with van der Waals surface area (Å²) < 4.78 is 35.8. The maximum absolute atomic E-state index is 11.9. The zero-order valence-corrected chi connectivity index (χ0v) is 10.2. The zero-order valence-electron chi connectivity index (χ0n) is 10.2. The third-order valence-electron chi connectivity index (χ3n) is 2.58. The lowest BCUT2D eigenvalue weighted by molar-refractivity contribution is -0.142. The first-order valence-electron chi connectivity index (χ1n) is 5.42. The fourth-order valence-corrected chi connectivity index (χ4v) is 1.41. The number of nitrogen functional groups attached to an aromatic ring is 1. The maximum Gasteiger partial charge on any atom is 0.389 e. The molecule has 0 aliphatic rings. The molecule has 0 saturated heterocycles. The molecule has 1 rings (SSSR count). The van der Waals surface area contributed by atoms with Crippen LogP contribution in [0.3, 0.4) is 0 Å². The summed E-state index contributed by atoms with van der Waals surface area (Å²) in [7, 11) is 0. The summed E-state index contributed by atoms with van der Waals surface area (Å²) in [5.41, 5.74) is 8.25. The van der Waals surface area contributed by atoms with Crippen LogP contribution >= 0.6 is 0 Å². The number of aryl methyl sites for hydroxylation is 2. The Morgan fingerprint density at radius 1 is 1.28 bits per heavy atom. The van der Waals surface area contributed by atoms with Gasteiger partial charge < -0.3 is 11.1 Å². The molecular formula is C12H15F3N2O. The van der Waals surface area contributed by atoms with Crippen LogP contribution in [0.25, 0.3) is 0 Å². The van der Waals surface area contributed by atoms with Crippen molar-refractivity contribution < 1.29 is 18.0 Å². The molecule has 0 radical (unpaired) electrons. The van der Waals surface area contributed by atoms with Gasteiger partial charge >= 0.3 is 6.18 Å². The largest absolute Gasteiger partial charge is 0.397 e. The molecule has 0 atom stereocenters. The molecule has 0 aliphatic carbocycles. The molecule has 3 nitrogen and oxygen atoms in total. The molecule has 1 aromatic rings. The van der Waals surface area contributed by atoms with Crippen LogP contribution in [0.5, 0.6) is 0 Å². The van der Waals surface area contributed by atoms with Gasteiger partial charge in [0.15, 0.2) is 0 Å². The molecule has 1 amide bonds. The highest BCUT2D eigenvalue weighted by Gasteiger charge is 2.27. The Bertz CT molecular complexity index is 455. The van der Waals surface area contributed by atoms with Crippen molar-refractivity contribution in [2.24, 2.45) is 0 Å². The Hall–Kier alpha value is -1.72. The molecule has 0 spiro atoms. The smallest absolute Gasteiger partial charge is 0.389 e. The number of benzene rings is 1. The van der Waals surface area contributed by atoms with Crippen molar-refractivity contribution in [1.82, 2.24) is 0 Å². The maximum atomic E-state index is 11.9. The highest BCUT2D eigenvalue weighted by Crippen LogP contribution is 2.25. The summed E-state index contributed by atoms with van der Waals surface area (Å²) in [5, 5.41) is 2.39. The Kier molecular flexibility index (Phi) is 4.21. The number of carbonyl (C=O) groups is 1. The van der Waals surface area contributed by atoms with Gasteiger partial charge in [-0.05, 0) is 37.1 Å². The number of halogens is 3. The molecule has 0 heterocycles. The average Bonchev–Trinajstić information content (AvgIpc) is 2.22. The van der Waals surface area contributed by atoms with Crippen LogP contribution in [0.1, 0.15) is 24.0 Å². The molecule has 0 aliphatic heterocycles. The van der Waals surface area contributed by atoms with Crippen molar-refractivity contribution in [1.29, 1.82) is 0 Å². The lowest BCUT2D eigenvalue weighted by atomic mass is 10.1. The molecule has 0 saturated carbocycles. The third kappa shape index (κ3) is 4.27. The van der Waals surface area contributed by atoms with E-state index in [1.807, 2.05) is 13.8 Å². The van der Waals surface area contributed by atoms with E-state index in [2.05, 4.69) is 5.32 Å². The van der Waals surface area contributed by atoms with Gasteiger partial charge in [-0.3, -0.25) is 4.79 Å². The van der Waals surface area contributed by atoms with Crippen LogP contribution in [-0.2, 0) is 4.79 Å². The number of hydrogen-bond acceptors (Lipinski definition) is 2. The van der Waals surface area contributed by atoms with Crippen LogP contribution < -0.4 is 11.1 Å². The van der Waals surface area contributed by atoms with Crippen molar-refractivity contribution in [3.05, 3.63) is 23.3 Å². The number of carbonyl (C=O) groups excluding carboxylic acids is 1. The minimum absolute atomic E-state index is 0.346. The lowest BCUT2D eigenvalue weighted by Crippen LogP contribution is -2.17. The molecule has 0 fully saturated rings. The number of anilines is 2. The molecule has 3 N–H and O–H groups in total. The first-order chi connectivity index (χ1) is 8.19. The average molecular weight is 260 g/mol. The van der Waals surface area contributed by atoms with Crippen LogP contribution in [0.4, 0.5) is 24.5 Å². The Morgan fingerprint density at radius 2 is 1.83 bits per heavy atom. The summed E-state index contributed by atoms with van der Waals surface area (Å²) in [6.45, 7) is 3.70. The summed E-state index contributed by atoms with van der Waals surface area (Å²) in [5.74, 6) is -0.692. The quantitative estimate of drug-likeness (QED) is 0.820. The molecule has 0 bridgehead atoms. The number of nitrogens with two attached hydrogens (primary N) is 1. The number of amides is 1. The first-order valence-corrected chi connectivity index (χ1v) is 5.42. The molecular weight excluding hydrogens is 245 g/mol. The van der Waals surface area contributed by atoms with Gasteiger partial charge in [-0.2, -0.15) is 13.2 Å². The summed E-state index contributed by atoms with van der Waals surface area (Å²) in [6, 6.07) is 3.32. The number of rotatable bonds is 3. The highest BCUT2D eigenvalue weighted by molar-refractivity contribution is 5.94. The van der Waals surface area contributed by atoms with Gasteiger partial charge in [0.1, 0.15) is 0 Å². The van der Waals surface area contributed by atoms with Crippen molar-refractivity contribution in [3.63, 3.8) is 0 Å². The molecule has 0 aromatic heterocycles. The number of nitrogens with one attached hydrogen (secondary N) is 1. The van der Waals surface area contributed by atoms with E-state index in [-0.39, 0.29) is 0 Å². The summed E-state index contributed by atoms with van der Waals surface area (Å²) in [4.78, 5) is 11.3. The van der Waals surface area contributed by atoms with Crippen LogP contribution in [0.15, 0.2) is 12.1 Å². The van der Waals surface area contributed by atoms with E-state index in [1.54, 1.807) is 12.1 Å². The predicted octanol–water partition coefficient (Wildman–Crippen LogP) is 3.17. The second-order valence-electron chi connectivity index (χ2n) is 4.19. The van der Waals surface area contributed by atoms with E-state index in [0.717, 1.165) is 11.1 Å². The van der Waals surface area contributed by atoms with E-state index in [4.69, 9.17) is 5.73 Å². The molecule has 18 heavy (non-hydrogen) atoms. The van der Waals surface area contributed by atoms with Gasteiger partial charge in [0, 0.05) is 6.42 Å². The van der Waals surface area contributed by atoms with E-state index in [1.165, 1.54) is 0 Å². The van der Waals surface area contributed by atoms with Gasteiger partial charge in [0.2, 0.25) is 5.91 Å². The second kappa shape index (κ2) is 5.29. The SMILES string of the molecule is Cc1cc(N)c(NC(=O)CCC(F)(F)F)cc1C. The van der Waals surface area contributed by atoms with Crippen LogP contribution in [-0.4, -0.2) is 12.1 Å². The highest BCUT2D eigenvalue weighted by atomic mass is 19.4. The third-order valence-corrected chi connectivity index (χ3v) is 2.58. The molecule has 100 valence electrons. The Labute approximate surface area is 103 Å². The fraction of sp³-hybridized carbons (Fsp3) is 0.417. The van der Waals surface area contributed by atoms with Gasteiger partial charge in [0.05, 0.1) is 17.8 Å². The van der Waals surface area contributed by atoms with Crippen molar-refractivity contribution in [3.8, 4) is 0 Å². The van der Waals surface area contributed by atoms with Crippen LogP contribution in [0.2, 0.25) is 0 Å². The molecule has 6 heteroatoms. The molecule has 0 unspecified atom stereocenters. The first kappa shape index (κ1) is 14.3. The van der Waals surface area contributed by atoms with Gasteiger partial charge in [-0.15, -0.1) is 0 Å². The monoisotopic (exact) mass is 260 g/mol. The van der Waals surface area contributed by atoms with Crippen molar-refractivity contribution in [2.45, 2.75) is 32.9 Å².